The largest absolute Gasteiger partial charge is 0.502 e. The third-order valence-corrected chi connectivity index (χ3v) is 2.70. The van der Waals surface area contributed by atoms with Crippen LogP contribution in [0, 0.1) is 10.1 Å². The number of benzene rings is 1. The van der Waals surface area contributed by atoms with Crippen molar-refractivity contribution in [3.05, 3.63) is 32.8 Å². The molecule has 0 amide bonds. The molecule has 0 radical (unpaired) electrons. The monoisotopic (exact) mass is 332 g/mol. The van der Waals surface area contributed by atoms with Crippen LogP contribution in [-0.2, 0) is 4.74 Å². The van der Waals surface area contributed by atoms with Crippen LogP contribution in [0.1, 0.15) is 5.56 Å². The summed E-state index contributed by atoms with van der Waals surface area (Å²) < 4.78 is 4.83. The third kappa shape index (κ3) is 5.50. The van der Waals surface area contributed by atoms with Gasteiger partial charge in [-0.3, -0.25) is 15.5 Å². The number of hydrogen-bond acceptors (Lipinski definition) is 6. The zero-order chi connectivity index (χ0) is 15.8. The minimum Gasteiger partial charge on any atom is -0.502 e. The summed E-state index contributed by atoms with van der Waals surface area (Å²) in [5.74, 6) is -0.520. The lowest BCUT2D eigenvalue weighted by Gasteiger charge is -2.06. The highest BCUT2D eigenvalue weighted by molar-refractivity contribution is 7.80. The highest BCUT2D eigenvalue weighted by Crippen LogP contribution is 2.32. The van der Waals surface area contributed by atoms with E-state index in [0.717, 1.165) is 6.07 Å². The lowest BCUT2D eigenvalue weighted by molar-refractivity contribution is -0.385. The van der Waals surface area contributed by atoms with E-state index < -0.39 is 16.4 Å². The van der Waals surface area contributed by atoms with Gasteiger partial charge in [0.15, 0.2) is 5.11 Å². The predicted octanol–water partition coefficient (Wildman–Crippen LogP) is 1.40. The molecular weight excluding hydrogens is 320 g/mol. The molecule has 0 saturated carbocycles. The molecule has 0 aromatic heterocycles. The van der Waals surface area contributed by atoms with Crippen molar-refractivity contribution in [1.82, 2.24) is 10.7 Å². The Kier molecular flexibility index (Phi) is 6.79. The summed E-state index contributed by atoms with van der Waals surface area (Å²) in [6.45, 7) is 0.985. The fraction of sp³-hybridized carbons (Fsp3) is 0.273. The second-order valence-corrected chi connectivity index (χ2v) is 4.58. The van der Waals surface area contributed by atoms with Gasteiger partial charge in [0.25, 0.3) is 0 Å². The first-order valence-corrected chi connectivity index (χ1v) is 6.47. The average Bonchev–Trinajstić information content (AvgIpc) is 2.42. The number of nitro groups is 1. The van der Waals surface area contributed by atoms with E-state index in [9.17, 15) is 15.2 Å². The molecule has 0 heterocycles. The van der Waals surface area contributed by atoms with Crippen molar-refractivity contribution in [3.8, 4) is 5.75 Å². The molecule has 0 aliphatic heterocycles. The maximum atomic E-state index is 10.7. The number of halogens is 1. The Morgan fingerprint density at radius 2 is 2.38 bits per heavy atom. The SMILES string of the molecule is COCCNC(=S)NN=Cc1cc(Cl)cc([N+](=O)[O-])c1O. The number of ether oxygens (including phenoxy) is 1. The van der Waals surface area contributed by atoms with Gasteiger partial charge in [-0.1, -0.05) is 11.6 Å². The van der Waals surface area contributed by atoms with Crippen LogP contribution in [0.15, 0.2) is 17.2 Å². The molecule has 1 aromatic carbocycles. The number of phenolic OH excluding ortho intramolecular Hbond substituents is 1. The van der Waals surface area contributed by atoms with E-state index in [1.54, 1.807) is 7.11 Å². The number of hydrazone groups is 1. The van der Waals surface area contributed by atoms with Gasteiger partial charge in [0.1, 0.15) is 0 Å². The van der Waals surface area contributed by atoms with Crippen molar-refractivity contribution >= 4 is 40.8 Å². The van der Waals surface area contributed by atoms with Crippen LogP contribution >= 0.6 is 23.8 Å². The maximum absolute atomic E-state index is 10.7. The average molecular weight is 333 g/mol. The van der Waals surface area contributed by atoms with Crippen LogP contribution in [0.2, 0.25) is 5.02 Å². The molecular formula is C11H13ClN4O4S. The van der Waals surface area contributed by atoms with Crippen LogP contribution < -0.4 is 10.7 Å². The Bertz CT molecular complexity index is 567. The number of nitro benzene ring substituents is 1. The summed E-state index contributed by atoms with van der Waals surface area (Å²) in [6.07, 6.45) is 1.18. The smallest absolute Gasteiger partial charge is 0.312 e. The van der Waals surface area contributed by atoms with Crippen LogP contribution in [0.3, 0.4) is 0 Å². The number of aromatic hydroxyl groups is 1. The summed E-state index contributed by atoms with van der Waals surface area (Å²) in [5, 5.41) is 27.4. The normalized spacial score (nSPS) is 10.6. The fourth-order valence-corrected chi connectivity index (χ4v) is 1.69. The van der Waals surface area contributed by atoms with Crippen LogP contribution in [-0.4, -0.2) is 41.6 Å². The highest BCUT2D eigenvalue weighted by atomic mass is 35.5. The van der Waals surface area contributed by atoms with E-state index in [2.05, 4.69) is 15.8 Å². The Morgan fingerprint density at radius 1 is 1.67 bits per heavy atom. The first kappa shape index (κ1) is 17.1. The fourth-order valence-electron chi connectivity index (χ4n) is 1.31. The van der Waals surface area contributed by atoms with Gasteiger partial charge < -0.3 is 15.2 Å². The number of rotatable bonds is 6. The number of nitrogens with zero attached hydrogens (tertiary/aromatic N) is 2. The maximum Gasteiger partial charge on any atom is 0.312 e. The molecule has 8 nitrogen and oxygen atoms in total. The Hall–Kier alpha value is -1.97. The van der Waals surface area contributed by atoms with Crippen molar-refractivity contribution in [2.45, 2.75) is 0 Å². The highest BCUT2D eigenvalue weighted by Gasteiger charge is 2.17. The number of hydrogen-bond donors (Lipinski definition) is 3. The summed E-state index contributed by atoms with van der Waals surface area (Å²) in [4.78, 5) is 10.0. The molecule has 10 heteroatoms. The Balaban J connectivity index is 2.72. The molecule has 0 spiro atoms. The molecule has 3 N–H and O–H groups in total. The topological polar surface area (TPSA) is 109 Å². The Morgan fingerprint density at radius 3 is 3.00 bits per heavy atom. The van der Waals surface area contributed by atoms with E-state index in [1.807, 2.05) is 0 Å². The van der Waals surface area contributed by atoms with E-state index >= 15 is 0 Å². The first-order valence-electron chi connectivity index (χ1n) is 5.68. The second-order valence-electron chi connectivity index (χ2n) is 3.74. The van der Waals surface area contributed by atoms with Crippen molar-refractivity contribution in [2.24, 2.45) is 5.10 Å². The van der Waals surface area contributed by atoms with Crippen molar-refractivity contribution in [2.75, 3.05) is 20.3 Å². The second kappa shape index (κ2) is 8.35. The standard InChI is InChI=1S/C11H13ClN4O4S/c1-20-3-2-13-11(21)15-14-6-7-4-8(12)5-9(10(7)17)16(18)19/h4-6,17H,2-3H2,1H3,(H2,13,15,21). The number of thiocarbonyl (C=S) groups is 1. The van der Waals surface area contributed by atoms with Gasteiger partial charge in [-0.2, -0.15) is 5.10 Å². The lowest BCUT2D eigenvalue weighted by atomic mass is 10.2. The van der Waals surface area contributed by atoms with Crippen molar-refractivity contribution in [1.29, 1.82) is 0 Å². The van der Waals surface area contributed by atoms with Gasteiger partial charge in [-0.25, -0.2) is 0 Å². The third-order valence-electron chi connectivity index (χ3n) is 2.24. The van der Waals surface area contributed by atoms with Crippen LogP contribution in [0.25, 0.3) is 0 Å². The quantitative estimate of drug-likeness (QED) is 0.237. The number of phenols is 1. The van der Waals surface area contributed by atoms with Gasteiger partial charge in [-0.15, -0.1) is 0 Å². The molecule has 0 atom stereocenters. The first-order chi connectivity index (χ1) is 9.95. The molecule has 0 fully saturated rings. The molecule has 0 aliphatic carbocycles. The summed E-state index contributed by atoms with van der Waals surface area (Å²) in [6, 6.07) is 2.40. The van der Waals surface area contributed by atoms with Gasteiger partial charge in [0.2, 0.25) is 5.75 Å². The van der Waals surface area contributed by atoms with Gasteiger partial charge in [0, 0.05) is 30.3 Å². The van der Waals surface area contributed by atoms with Crippen molar-refractivity contribution < 1.29 is 14.8 Å². The molecule has 0 unspecified atom stereocenters. The summed E-state index contributed by atoms with van der Waals surface area (Å²) >= 11 is 10.7. The lowest BCUT2D eigenvalue weighted by Crippen LogP contribution is -2.34. The van der Waals surface area contributed by atoms with E-state index in [0.29, 0.717) is 13.2 Å². The molecule has 1 rings (SSSR count). The predicted molar refractivity (Wildman–Crippen MR) is 83.0 cm³/mol. The van der Waals surface area contributed by atoms with E-state index in [-0.39, 0.29) is 15.7 Å². The zero-order valence-electron chi connectivity index (χ0n) is 11.0. The van der Waals surface area contributed by atoms with Gasteiger partial charge in [-0.05, 0) is 18.3 Å². The Labute approximate surface area is 130 Å². The summed E-state index contributed by atoms with van der Waals surface area (Å²) in [5.41, 5.74) is 2.10. The minimum absolute atomic E-state index is 0.0985. The van der Waals surface area contributed by atoms with Crippen LogP contribution in [0.4, 0.5) is 5.69 Å². The van der Waals surface area contributed by atoms with Crippen LogP contribution in [0.5, 0.6) is 5.75 Å². The van der Waals surface area contributed by atoms with E-state index in [4.69, 9.17) is 28.6 Å². The summed E-state index contributed by atoms with van der Waals surface area (Å²) in [7, 11) is 1.56. The molecule has 0 bridgehead atoms. The van der Waals surface area contributed by atoms with Crippen molar-refractivity contribution in [3.63, 3.8) is 0 Å². The molecule has 21 heavy (non-hydrogen) atoms. The van der Waals surface area contributed by atoms with E-state index in [1.165, 1.54) is 12.3 Å². The molecule has 0 aliphatic rings. The number of methoxy groups -OCH3 is 1. The zero-order valence-corrected chi connectivity index (χ0v) is 12.6. The number of nitrogens with one attached hydrogen (secondary N) is 2. The molecule has 1 aromatic rings. The van der Waals surface area contributed by atoms with Gasteiger partial charge >= 0.3 is 5.69 Å². The molecule has 114 valence electrons. The molecule has 0 saturated heterocycles. The van der Waals surface area contributed by atoms with Gasteiger partial charge in [0.05, 0.1) is 17.7 Å². The minimum atomic E-state index is -0.733.